The Hall–Kier alpha value is -1.85. The van der Waals surface area contributed by atoms with Gasteiger partial charge in [-0.1, -0.05) is 44.3 Å². The molecule has 1 spiro atoms. The van der Waals surface area contributed by atoms with Gasteiger partial charge in [-0.2, -0.15) is 0 Å². The number of urea groups is 1. The van der Waals surface area contributed by atoms with Gasteiger partial charge < -0.3 is 10.2 Å². The molecule has 6 heteroatoms. The van der Waals surface area contributed by atoms with E-state index >= 15 is 0 Å². The first-order valence-corrected chi connectivity index (χ1v) is 8.96. The van der Waals surface area contributed by atoms with E-state index in [9.17, 15) is 14.4 Å². The van der Waals surface area contributed by atoms with Crippen LogP contribution in [-0.2, 0) is 9.59 Å². The highest BCUT2D eigenvalue weighted by atomic mass is 16.2. The highest BCUT2D eigenvalue weighted by Crippen LogP contribution is 2.32. The van der Waals surface area contributed by atoms with Gasteiger partial charge in [0.2, 0.25) is 5.91 Å². The zero-order valence-electron chi connectivity index (χ0n) is 14.9. The van der Waals surface area contributed by atoms with Gasteiger partial charge in [0.15, 0.2) is 0 Å². The molecule has 0 atom stereocenters. The molecule has 1 saturated heterocycles. The molecule has 4 amide bonds. The standard InChI is InChI=1S/C18H29N3O3/c1-4-20(12-14(2)3)15(22)13-21-16(23)18(19-17(21)24)10-8-6-5-7-9-11-18/h2,4-13H2,1,3H3,(H,19,24). The van der Waals surface area contributed by atoms with Crippen LogP contribution < -0.4 is 5.32 Å². The summed E-state index contributed by atoms with van der Waals surface area (Å²) in [6.07, 6.45) is 6.58. The highest BCUT2D eigenvalue weighted by molar-refractivity contribution is 6.09. The van der Waals surface area contributed by atoms with Crippen molar-refractivity contribution in [2.45, 2.75) is 64.3 Å². The molecule has 1 aliphatic heterocycles. The van der Waals surface area contributed by atoms with Crippen LogP contribution in [0.2, 0.25) is 0 Å². The molecule has 2 rings (SSSR count). The number of nitrogens with zero attached hydrogens (tertiary/aromatic N) is 2. The molecule has 1 N–H and O–H groups in total. The Morgan fingerprint density at radius 2 is 1.79 bits per heavy atom. The quantitative estimate of drug-likeness (QED) is 0.620. The van der Waals surface area contributed by atoms with Crippen molar-refractivity contribution in [3.05, 3.63) is 12.2 Å². The minimum Gasteiger partial charge on any atom is -0.337 e. The smallest absolute Gasteiger partial charge is 0.325 e. The molecular formula is C18H29N3O3. The second-order valence-electron chi connectivity index (χ2n) is 7.04. The van der Waals surface area contributed by atoms with Crippen LogP contribution in [0.3, 0.4) is 0 Å². The van der Waals surface area contributed by atoms with Gasteiger partial charge in [0.1, 0.15) is 12.1 Å². The SMILES string of the molecule is C=C(C)CN(CC)C(=O)CN1C(=O)NC2(CCCCCCC2)C1=O. The van der Waals surface area contributed by atoms with Crippen LogP contribution >= 0.6 is 0 Å². The first-order chi connectivity index (χ1) is 11.4. The van der Waals surface area contributed by atoms with Crippen LogP contribution in [0.25, 0.3) is 0 Å². The second kappa shape index (κ2) is 7.81. The average Bonchev–Trinajstić information content (AvgIpc) is 2.73. The van der Waals surface area contributed by atoms with Crippen molar-refractivity contribution in [3.63, 3.8) is 0 Å². The van der Waals surface area contributed by atoms with Crippen LogP contribution in [0.15, 0.2) is 12.2 Å². The lowest BCUT2D eigenvalue weighted by molar-refractivity contribution is -0.139. The van der Waals surface area contributed by atoms with E-state index in [1.54, 1.807) is 4.90 Å². The van der Waals surface area contributed by atoms with Gasteiger partial charge in [-0.05, 0) is 26.7 Å². The van der Waals surface area contributed by atoms with E-state index in [-0.39, 0.29) is 18.4 Å². The number of likely N-dealkylation sites (N-methyl/N-ethyl adjacent to an activating group) is 1. The summed E-state index contributed by atoms with van der Waals surface area (Å²) in [6.45, 7) is 8.34. The molecule has 0 aromatic rings. The molecule has 1 aliphatic carbocycles. The van der Waals surface area contributed by atoms with Crippen molar-refractivity contribution in [1.82, 2.24) is 15.1 Å². The fourth-order valence-corrected chi connectivity index (χ4v) is 3.60. The maximum atomic E-state index is 12.9. The summed E-state index contributed by atoms with van der Waals surface area (Å²) in [5, 5.41) is 2.89. The summed E-state index contributed by atoms with van der Waals surface area (Å²) in [5.74, 6) is -0.443. The van der Waals surface area contributed by atoms with Gasteiger partial charge in [0.05, 0.1) is 0 Å². The van der Waals surface area contributed by atoms with E-state index in [0.717, 1.165) is 36.2 Å². The zero-order valence-corrected chi connectivity index (χ0v) is 14.9. The molecular weight excluding hydrogens is 306 g/mol. The summed E-state index contributed by atoms with van der Waals surface area (Å²) in [5.41, 5.74) is 0.0855. The Balaban J connectivity index is 2.07. The number of rotatable bonds is 5. The van der Waals surface area contributed by atoms with Crippen molar-refractivity contribution in [2.75, 3.05) is 19.6 Å². The first-order valence-electron chi connectivity index (χ1n) is 8.96. The van der Waals surface area contributed by atoms with E-state index in [4.69, 9.17) is 0 Å². The Labute approximate surface area is 144 Å². The Bertz CT molecular complexity index is 522. The number of hydrogen-bond donors (Lipinski definition) is 1. The molecule has 2 aliphatic rings. The van der Waals surface area contributed by atoms with E-state index in [1.807, 2.05) is 13.8 Å². The Kier molecular flexibility index (Phi) is 6.02. The number of imide groups is 1. The molecule has 1 saturated carbocycles. The number of carbonyl (C=O) groups is 3. The Morgan fingerprint density at radius 1 is 1.21 bits per heavy atom. The third-order valence-corrected chi connectivity index (χ3v) is 4.94. The minimum absolute atomic E-state index is 0.187. The molecule has 1 heterocycles. The van der Waals surface area contributed by atoms with Gasteiger partial charge in [0, 0.05) is 13.1 Å². The fraction of sp³-hybridized carbons (Fsp3) is 0.722. The molecule has 6 nitrogen and oxygen atoms in total. The van der Waals surface area contributed by atoms with Crippen molar-refractivity contribution >= 4 is 17.8 Å². The first kappa shape index (κ1) is 18.5. The lowest BCUT2D eigenvalue weighted by atomic mass is 9.84. The van der Waals surface area contributed by atoms with Gasteiger partial charge in [0.25, 0.3) is 5.91 Å². The van der Waals surface area contributed by atoms with Crippen LogP contribution in [0.5, 0.6) is 0 Å². The van der Waals surface area contributed by atoms with Gasteiger partial charge in [-0.25, -0.2) is 4.79 Å². The van der Waals surface area contributed by atoms with E-state index in [0.29, 0.717) is 25.9 Å². The van der Waals surface area contributed by atoms with E-state index < -0.39 is 11.6 Å². The molecule has 24 heavy (non-hydrogen) atoms. The van der Waals surface area contributed by atoms with E-state index in [2.05, 4.69) is 11.9 Å². The normalized spacial score (nSPS) is 20.5. The second-order valence-corrected chi connectivity index (χ2v) is 7.04. The lowest BCUT2D eigenvalue weighted by Crippen LogP contribution is -2.48. The van der Waals surface area contributed by atoms with Crippen molar-refractivity contribution in [3.8, 4) is 0 Å². The molecule has 134 valence electrons. The predicted molar refractivity (Wildman–Crippen MR) is 92.4 cm³/mol. The fourth-order valence-electron chi connectivity index (χ4n) is 3.60. The zero-order chi connectivity index (χ0) is 17.7. The van der Waals surface area contributed by atoms with Crippen molar-refractivity contribution in [2.24, 2.45) is 0 Å². The van der Waals surface area contributed by atoms with Crippen LogP contribution in [0.1, 0.15) is 58.8 Å². The third-order valence-electron chi connectivity index (χ3n) is 4.94. The van der Waals surface area contributed by atoms with Gasteiger partial charge >= 0.3 is 6.03 Å². The summed E-state index contributed by atoms with van der Waals surface area (Å²) >= 11 is 0. The average molecular weight is 335 g/mol. The van der Waals surface area contributed by atoms with Crippen LogP contribution in [0.4, 0.5) is 4.79 Å². The third kappa shape index (κ3) is 3.97. The van der Waals surface area contributed by atoms with Gasteiger partial charge in [-0.15, -0.1) is 0 Å². The molecule has 0 aromatic heterocycles. The number of nitrogens with one attached hydrogen (secondary N) is 1. The monoisotopic (exact) mass is 335 g/mol. The summed E-state index contributed by atoms with van der Waals surface area (Å²) in [4.78, 5) is 40.4. The van der Waals surface area contributed by atoms with Gasteiger partial charge in [-0.3, -0.25) is 14.5 Å². The minimum atomic E-state index is -0.789. The highest BCUT2D eigenvalue weighted by Gasteiger charge is 2.50. The maximum Gasteiger partial charge on any atom is 0.325 e. The topological polar surface area (TPSA) is 69.7 Å². The predicted octanol–water partition coefficient (Wildman–Crippen LogP) is 2.45. The summed E-state index contributed by atoms with van der Waals surface area (Å²) < 4.78 is 0. The molecule has 2 fully saturated rings. The number of amides is 4. The molecule has 0 unspecified atom stereocenters. The summed E-state index contributed by atoms with van der Waals surface area (Å²) in [7, 11) is 0. The van der Waals surface area contributed by atoms with Crippen molar-refractivity contribution in [1.29, 1.82) is 0 Å². The van der Waals surface area contributed by atoms with Crippen LogP contribution in [0, 0.1) is 0 Å². The number of carbonyl (C=O) groups excluding carboxylic acids is 3. The molecule has 0 bridgehead atoms. The molecule has 0 radical (unpaired) electrons. The largest absolute Gasteiger partial charge is 0.337 e. The molecule has 0 aromatic carbocycles. The summed E-state index contributed by atoms with van der Waals surface area (Å²) in [6, 6.07) is -0.430. The van der Waals surface area contributed by atoms with E-state index in [1.165, 1.54) is 6.42 Å². The van der Waals surface area contributed by atoms with Crippen LogP contribution in [-0.4, -0.2) is 52.8 Å². The Morgan fingerprint density at radius 3 is 2.33 bits per heavy atom. The van der Waals surface area contributed by atoms with Crippen molar-refractivity contribution < 1.29 is 14.4 Å². The maximum absolute atomic E-state index is 12.9. The lowest BCUT2D eigenvalue weighted by Gasteiger charge is -2.29. The number of hydrogen-bond acceptors (Lipinski definition) is 3.